The lowest BCUT2D eigenvalue weighted by molar-refractivity contribution is -0.137. The van der Waals surface area contributed by atoms with Crippen LogP contribution in [0.2, 0.25) is 0 Å². The van der Waals surface area contributed by atoms with E-state index in [1.54, 1.807) is 0 Å². The average molecular weight is 272 g/mol. The van der Waals surface area contributed by atoms with E-state index in [2.05, 4.69) is 26.0 Å². The summed E-state index contributed by atoms with van der Waals surface area (Å²) in [6.45, 7) is 5.91. The van der Waals surface area contributed by atoms with Crippen LogP contribution in [0.4, 0.5) is 0 Å². The molecule has 0 aromatic heterocycles. The first kappa shape index (κ1) is 13.6. The molecule has 1 saturated heterocycles. The molecule has 2 N–H and O–H groups in total. The van der Waals surface area contributed by atoms with E-state index in [0.29, 0.717) is 5.91 Å². The summed E-state index contributed by atoms with van der Waals surface area (Å²) in [5, 5.41) is 0. The second-order valence-corrected chi connectivity index (χ2v) is 7.06. The maximum atomic E-state index is 13.0. The number of carbonyl (C=O) groups is 1. The minimum Gasteiger partial charge on any atom is -0.341 e. The van der Waals surface area contributed by atoms with Gasteiger partial charge in [0.2, 0.25) is 5.91 Å². The third kappa shape index (κ3) is 2.14. The quantitative estimate of drug-likeness (QED) is 0.898. The lowest BCUT2D eigenvalue weighted by Gasteiger charge is -2.43. The molecule has 1 atom stereocenters. The molecule has 3 rings (SSSR count). The van der Waals surface area contributed by atoms with Gasteiger partial charge < -0.3 is 10.6 Å². The molecule has 0 radical (unpaired) electrons. The minimum atomic E-state index is -0.237. The number of likely N-dealkylation sites (tertiary alicyclic amines) is 1. The third-order valence-corrected chi connectivity index (χ3v) is 5.09. The highest BCUT2D eigenvalue weighted by Gasteiger charge is 2.54. The van der Waals surface area contributed by atoms with Crippen LogP contribution in [0.1, 0.15) is 38.7 Å². The number of hydrogen-bond donors (Lipinski definition) is 1. The van der Waals surface area contributed by atoms with E-state index in [9.17, 15) is 4.79 Å². The molecule has 1 aliphatic heterocycles. The summed E-state index contributed by atoms with van der Waals surface area (Å²) in [6, 6.07) is 10.4. The molecule has 20 heavy (non-hydrogen) atoms. The fraction of sp³-hybridized carbons (Fsp3) is 0.588. The Morgan fingerprint density at radius 3 is 2.45 bits per heavy atom. The van der Waals surface area contributed by atoms with Gasteiger partial charge in [-0.25, -0.2) is 0 Å². The number of hydrogen-bond acceptors (Lipinski definition) is 2. The summed E-state index contributed by atoms with van der Waals surface area (Å²) in [4.78, 5) is 15.0. The Morgan fingerprint density at radius 1 is 1.25 bits per heavy atom. The van der Waals surface area contributed by atoms with Crippen molar-refractivity contribution in [3.63, 3.8) is 0 Å². The molecular formula is C17H24N2O. The van der Waals surface area contributed by atoms with Gasteiger partial charge in [-0.1, -0.05) is 44.2 Å². The molecule has 3 heteroatoms. The van der Waals surface area contributed by atoms with Crippen LogP contribution in [-0.2, 0) is 10.2 Å². The normalized spacial score (nSPS) is 27.1. The summed E-state index contributed by atoms with van der Waals surface area (Å²) < 4.78 is 0. The van der Waals surface area contributed by atoms with Crippen LogP contribution in [0.25, 0.3) is 0 Å². The van der Waals surface area contributed by atoms with Crippen LogP contribution in [0.15, 0.2) is 30.3 Å². The summed E-state index contributed by atoms with van der Waals surface area (Å²) in [6.07, 6.45) is 2.88. The summed E-state index contributed by atoms with van der Waals surface area (Å²) in [5.74, 6) is 0.309. The Bertz CT molecular complexity index is 505. The molecule has 0 bridgehead atoms. The maximum Gasteiger partial charge on any atom is 0.233 e. The molecule has 1 unspecified atom stereocenters. The van der Waals surface area contributed by atoms with Crippen molar-refractivity contribution in [2.75, 3.05) is 13.1 Å². The molecule has 1 amide bonds. The monoisotopic (exact) mass is 272 g/mol. The standard InChI is InChI=1S/C17H24N2O/c1-16(2)12-19(11-8-14(16)18)15(20)17(9-10-17)13-6-4-3-5-7-13/h3-7,14H,8-12,18H2,1-2H3. The topological polar surface area (TPSA) is 46.3 Å². The third-order valence-electron chi connectivity index (χ3n) is 5.09. The van der Waals surface area contributed by atoms with Gasteiger partial charge in [0.05, 0.1) is 5.41 Å². The number of rotatable bonds is 2. The highest BCUT2D eigenvalue weighted by molar-refractivity contribution is 5.91. The van der Waals surface area contributed by atoms with Crippen molar-refractivity contribution in [1.82, 2.24) is 4.90 Å². The fourth-order valence-corrected chi connectivity index (χ4v) is 3.36. The van der Waals surface area contributed by atoms with Gasteiger partial charge in [-0.15, -0.1) is 0 Å². The average Bonchev–Trinajstić information content (AvgIpc) is 3.24. The van der Waals surface area contributed by atoms with Crippen molar-refractivity contribution in [3.05, 3.63) is 35.9 Å². The number of nitrogens with two attached hydrogens (primary N) is 1. The molecular weight excluding hydrogens is 248 g/mol. The zero-order valence-electron chi connectivity index (χ0n) is 12.4. The van der Waals surface area contributed by atoms with E-state index in [-0.39, 0.29) is 16.9 Å². The Hall–Kier alpha value is -1.35. The second-order valence-electron chi connectivity index (χ2n) is 7.06. The molecule has 108 valence electrons. The number of piperidine rings is 1. The number of nitrogens with zero attached hydrogens (tertiary/aromatic N) is 1. The molecule has 1 heterocycles. The van der Waals surface area contributed by atoms with Crippen molar-refractivity contribution in [2.45, 2.75) is 44.6 Å². The van der Waals surface area contributed by atoms with Gasteiger partial charge in [0.15, 0.2) is 0 Å². The molecule has 1 aromatic rings. The van der Waals surface area contributed by atoms with Crippen LogP contribution < -0.4 is 5.73 Å². The van der Waals surface area contributed by atoms with Crippen LogP contribution in [0, 0.1) is 5.41 Å². The molecule has 1 aliphatic carbocycles. The predicted octanol–water partition coefficient (Wildman–Crippen LogP) is 2.30. The van der Waals surface area contributed by atoms with E-state index >= 15 is 0 Å². The highest BCUT2D eigenvalue weighted by Crippen LogP contribution is 2.50. The van der Waals surface area contributed by atoms with Gasteiger partial charge >= 0.3 is 0 Å². The van der Waals surface area contributed by atoms with Crippen LogP contribution >= 0.6 is 0 Å². The van der Waals surface area contributed by atoms with E-state index in [1.807, 2.05) is 23.1 Å². The molecule has 3 nitrogen and oxygen atoms in total. The van der Waals surface area contributed by atoms with E-state index in [1.165, 1.54) is 5.56 Å². The van der Waals surface area contributed by atoms with E-state index < -0.39 is 0 Å². The largest absolute Gasteiger partial charge is 0.341 e. The summed E-state index contributed by atoms with van der Waals surface area (Å²) in [5.41, 5.74) is 7.13. The van der Waals surface area contributed by atoms with Gasteiger partial charge in [-0.2, -0.15) is 0 Å². The van der Waals surface area contributed by atoms with Gasteiger partial charge in [0.25, 0.3) is 0 Å². The smallest absolute Gasteiger partial charge is 0.233 e. The van der Waals surface area contributed by atoms with E-state index in [4.69, 9.17) is 5.73 Å². The molecule has 2 fully saturated rings. The lowest BCUT2D eigenvalue weighted by atomic mass is 9.79. The van der Waals surface area contributed by atoms with Crippen molar-refractivity contribution < 1.29 is 4.79 Å². The predicted molar refractivity (Wildman–Crippen MR) is 80.3 cm³/mol. The Kier molecular flexibility index (Phi) is 3.13. The zero-order chi connectivity index (χ0) is 14.4. The van der Waals surface area contributed by atoms with Gasteiger partial charge in [0.1, 0.15) is 0 Å². The SMILES string of the molecule is CC1(C)CN(C(=O)C2(c3ccccc3)CC2)CCC1N. The van der Waals surface area contributed by atoms with Crippen LogP contribution in [0.3, 0.4) is 0 Å². The maximum absolute atomic E-state index is 13.0. The van der Waals surface area contributed by atoms with Crippen molar-refractivity contribution >= 4 is 5.91 Å². The Balaban J connectivity index is 1.80. The summed E-state index contributed by atoms with van der Waals surface area (Å²) in [7, 11) is 0. The van der Waals surface area contributed by atoms with Crippen molar-refractivity contribution in [1.29, 1.82) is 0 Å². The van der Waals surface area contributed by atoms with E-state index in [0.717, 1.165) is 32.4 Å². The van der Waals surface area contributed by atoms with Gasteiger partial charge in [-0.05, 0) is 30.2 Å². The first-order valence-corrected chi connectivity index (χ1v) is 7.56. The Morgan fingerprint density at radius 2 is 1.90 bits per heavy atom. The van der Waals surface area contributed by atoms with Gasteiger partial charge in [-0.3, -0.25) is 4.79 Å². The molecule has 1 aromatic carbocycles. The first-order valence-electron chi connectivity index (χ1n) is 7.56. The molecule has 1 saturated carbocycles. The Labute approximate surface area is 121 Å². The molecule has 0 spiro atoms. The number of amides is 1. The summed E-state index contributed by atoms with van der Waals surface area (Å²) >= 11 is 0. The highest BCUT2D eigenvalue weighted by atomic mass is 16.2. The number of carbonyl (C=O) groups excluding carboxylic acids is 1. The van der Waals surface area contributed by atoms with Crippen molar-refractivity contribution in [3.8, 4) is 0 Å². The minimum absolute atomic E-state index is 0.0146. The van der Waals surface area contributed by atoms with Crippen molar-refractivity contribution in [2.24, 2.45) is 11.1 Å². The first-order chi connectivity index (χ1) is 9.46. The van der Waals surface area contributed by atoms with Crippen LogP contribution in [-0.4, -0.2) is 29.9 Å². The zero-order valence-corrected chi connectivity index (χ0v) is 12.4. The number of benzene rings is 1. The molecule has 2 aliphatic rings. The van der Waals surface area contributed by atoms with Gasteiger partial charge in [0, 0.05) is 19.1 Å². The second kappa shape index (κ2) is 4.59. The lowest BCUT2D eigenvalue weighted by Crippen LogP contribution is -2.55. The van der Waals surface area contributed by atoms with Crippen LogP contribution in [0.5, 0.6) is 0 Å². The fourth-order valence-electron chi connectivity index (χ4n) is 3.36.